The van der Waals surface area contributed by atoms with Crippen LogP contribution in [0.5, 0.6) is 0 Å². The first kappa shape index (κ1) is 23.7. The topological polar surface area (TPSA) is 46.6 Å². The van der Waals surface area contributed by atoms with Crippen LogP contribution in [0.4, 0.5) is 0 Å². The molecule has 1 saturated heterocycles. The number of rotatable bonds is 6. The summed E-state index contributed by atoms with van der Waals surface area (Å²) in [7, 11) is -1.22. The summed E-state index contributed by atoms with van der Waals surface area (Å²) in [6.07, 6.45) is 9.84. The molecule has 1 heterocycles. The van der Waals surface area contributed by atoms with Crippen LogP contribution in [0.2, 0.25) is 5.02 Å². The van der Waals surface area contributed by atoms with Crippen LogP contribution in [0.1, 0.15) is 33.6 Å². The van der Waals surface area contributed by atoms with Gasteiger partial charge in [-0.05, 0) is 74.6 Å². The predicted octanol–water partition coefficient (Wildman–Crippen LogP) is 5.64. The van der Waals surface area contributed by atoms with Gasteiger partial charge in [-0.25, -0.2) is 8.51 Å². The molecule has 2 atom stereocenters. The normalized spacial score (nSPS) is 23.0. The van der Waals surface area contributed by atoms with E-state index < -0.39 is 11.0 Å². The fourth-order valence-electron chi connectivity index (χ4n) is 4.49. The quantitative estimate of drug-likeness (QED) is 0.517. The van der Waals surface area contributed by atoms with Crippen molar-refractivity contribution >= 4 is 28.6 Å². The number of carbonyl (C=O) groups excluding carboxylic acids is 1. The van der Waals surface area contributed by atoms with E-state index in [-0.39, 0.29) is 17.3 Å². The molecule has 0 radical (unpaired) electrons. The largest absolute Gasteiger partial charge is 0.466 e. The van der Waals surface area contributed by atoms with Gasteiger partial charge >= 0.3 is 5.97 Å². The van der Waals surface area contributed by atoms with Gasteiger partial charge in [0.05, 0.1) is 17.4 Å². The van der Waals surface area contributed by atoms with E-state index in [1.807, 2.05) is 43.3 Å². The smallest absolute Gasteiger partial charge is 0.313 e. The number of hydrogen-bond acceptors (Lipinski definition) is 3. The van der Waals surface area contributed by atoms with Crippen LogP contribution in [0.15, 0.2) is 76.8 Å². The molecular formula is C25H30ClNO3S. The third kappa shape index (κ3) is 4.79. The average Bonchev–Trinajstić information content (AvgIpc) is 3.07. The third-order valence-electron chi connectivity index (χ3n) is 6.11. The summed E-state index contributed by atoms with van der Waals surface area (Å²) >= 11 is 5.97. The SMILES string of the molecule is C=C/C=C1\C(=C/C)C(C(C)C(=O)OCC)=CC12CCN(S(=O)c1ccc(Cl)cc1)CC2. The molecule has 0 aromatic heterocycles. The van der Waals surface area contributed by atoms with Gasteiger partial charge in [0.2, 0.25) is 0 Å². The second kappa shape index (κ2) is 10.1. The van der Waals surface area contributed by atoms with Crippen molar-refractivity contribution in [1.29, 1.82) is 0 Å². The molecule has 2 aliphatic rings. The number of nitrogens with zero attached hydrogens (tertiary/aromatic N) is 1. The van der Waals surface area contributed by atoms with Crippen LogP contribution in [0.3, 0.4) is 0 Å². The molecule has 1 spiro atoms. The summed E-state index contributed by atoms with van der Waals surface area (Å²) in [5.74, 6) is -0.538. The van der Waals surface area contributed by atoms with Crippen molar-refractivity contribution in [2.24, 2.45) is 11.3 Å². The van der Waals surface area contributed by atoms with E-state index in [9.17, 15) is 9.00 Å². The summed E-state index contributed by atoms with van der Waals surface area (Å²) in [5, 5.41) is 0.635. The molecule has 31 heavy (non-hydrogen) atoms. The molecule has 0 N–H and O–H groups in total. The number of allylic oxidation sites excluding steroid dienone is 6. The lowest BCUT2D eigenvalue weighted by atomic mass is 9.74. The van der Waals surface area contributed by atoms with E-state index in [2.05, 4.69) is 24.8 Å². The molecule has 4 nitrogen and oxygen atoms in total. The molecule has 1 aromatic carbocycles. The highest BCUT2D eigenvalue weighted by Crippen LogP contribution is 2.53. The summed E-state index contributed by atoms with van der Waals surface area (Å²) in [4.78, 5) is 13.2. The number of benzene rings is 1. The van der Waals surface area contributed by atoms with E-state index in [0.717, 1.165) is 28.9 Å². The van der Waals surface area contributed by atoms with E-state index in [1.165, 1.54) is 5.57 Å². The highest BCUT2D eigenvalue weighted by molar-refractivity contribution is 7.82. The van der Waals surface area contributed by atoms with Gasteiger partial charge in [-0.3, -0.25) is 4.79 Å². The van der Waals surface area contributed by atoms with Crippen molar-refractivity contribution < 1.29 is 13.7 Å². The Morgan fingerprint density at radius 3 is 2.52 bits per heavy atom. The van der Waals surface area contributed by atoms with Gasteiger partial charge in [0, 0.05) is 23.5 Å². The van der Waals surface area contributed by atoms with Crippen LogP contribution in [0.25, 0.3) is 0 Å². The molecule has 166 valence electrons. The first-order valence-electron chi connectivity index (χ1n) is 10.7. The fraction of sp³-hybridized carbons (Fsp3) is 0.400. The van der Waals surface area contributed by atoms with Gasteiger partial charge in [-0.2, -0.15) is 0 Å². The number of halogens is 1. The fourth-order valence-corrected chi connectivity index (χ4v) is 5.80. The van der Waals surface area contributed by atoms with E-state index in [0.29, 0.717) is 24.7 Å². The molecule has 3 rings (SSSR count). The second-order valence-corrected chi connectivity index (χ2v) is 9.80. The van der Waals surface area contributed by atoms with Crippen molar-refractivity contribution in [1.82, 2.24) is 4.31 Å². The number of hydrogen-bond donors (Lipinski definition) is 0. The highest BCUT2D eigenvalue weighted by atomic mass is 35.5. The molecule has 6 heteroatoms. The lowest BCUT2D eigenvalue weighted by molar-refractivity contribution is -0.145. The van der Waals surface area contributed by atoms with Gasteiger partial charge in [0.1, 0.15) is 11.0 Å². The first-order valence-corrected chi connectivity index (χ1v) is 12.2. The maximum atomic E-state index is 13.1. The highest BCUT2D eigenvalue weighted by Gasteiger charge is 2.45. The lowest BCUT2D eigenvalue weighted by Gasteiger charge is -2.39. The predicted molar refractivity (Wildman–Crippen MR) is 127 cm³/mol. The Morgan fingerprint density at radius 1 is 1.32 bits per heavy atom. The van der Waals surface area contributed by atoms with E-state index in [4.69, 9.17) is 16.3 Å². The van der Waals surface area contributed by atoms with Gasteiger partial charge in [0.15, 0.2) is 0 Å². The maximum absolute atomic E-state index is 13.1. The molecule has 2 unspecified atom stereocenters. The number of carbonyl (C=O) groups is 1. The second-order valence-electron chi connectivity index (χ2n) is 7.88. The average molecular weight is 460 g/mol. The van der Waals surface area contributed by atoms with Crippen molar-refractivity contribution in [3.63, 3.8) is 0 Å². The van der Waals surface area contributed by atoms with Crippen LogP contribution in [-0.2, 0) is 20.5 Å². The number of esters is 1. The zero-order chi connectivity index (χ0) is 22.6. The molecular weight excluding hydrogens is 430 g/mol. The van der Waals surface area contributed by atoms with Crippen LogP contribution in [0, 0.1) is 11.3 Å². The van der Waals surface area contributed by atoms with Gasteiger partial charge in [-0.1, -0.05) is 42.5 Å². The summed E-state index contributed by atoms with van der Waals surface area (Å²) in [6.45, 7) is 11.4. The first-order chi connectivity index (χ1) is 14.9. The molecule has 1 aromatic rings. The zero-order valence-corrected chi connectivity index (χ0v) is 20.0. The number of piperidine rings is 1. The molecule has 1 aliphatic carbocycles. The lowest BCUT2D eigenvalue weighted by Crippen LogP contribution is -2.40. The Kier molecular flexibility index (Phi) is 7.73. The van der Waals surface area contributed by atoms with Crippen molar-refractivity contribution in [2.45, 2.75) is 38.5 Å². The molecule has 0 bridgehead atoms. The Labute approximate surface area is 192 Å². The summed E-state index contributed by atoms with van der Waals surface area (Å²) in [5.41, 5.74) is 3.11. The maximum Gasteiger partial charge on any atom is 0.313 e. The van der Waals surface area contributed by atoms with E-state index in [1.54, 1.807) is 12.1 Å². The van der Waals surface area contributed by atoms with Gasteiger partial charge < -0.3 is 4.74 Å². The van der Waals surface area contributed by atoms with Crippen LogP contribution >= 0.6 is 11.6 Å². The van der Waals surface area contributed by atoms with Gasteiger partial charge in [-0.15, -0.1) is 0 Å². The third-order valence-corrected chi connectivity index (χ3v) is 7.88. The van der Waals surface area contributed by atoms with Crippen LogP contribution < -0.4 is 0 Å². The standard InChI is InChI=1S/C25H30ClNO3S/c1-5-8-23-21(6-2)22(18(4)24(28)30-7-3)17-25(23)13-15-27(16-14-25)31(29)20-11-9-19(26)10-12-20/h5-6,8-12,17-18H,1,7,13-16H2,2-4H3/b21-6-,23-8+. The van der Waals surface area contributed by atoms with Crippen LogP contribution in [-0.4, -0.2) is 34.2 Å². The van der Waals surface area contributed by atoms with Crippen molar-refractivity contribution in [2.75, 3.05) is 19.7 Å². The monoisotopic (exact) mass is 459 g/mol. The Balaban J connectivity index is 1.86. The van der Waals surface area contributed by atoms with E-state index >= 15 is 0 Å². The molecule has 1 aliphatic heterocycles. The number of ether oxygens (including phenoxy) is 1. The zero-order valence-electron chi connectivity index (χ0n) is 18.4. The Morgan fingerprint density at radius 2 is 1.97 bits per heavy atom. The minimum absolute atomic E-state index is 0.188. The molecule has 0 saturated carbocycles. The minimum Gasteiger partial charge on any atom is -0.466 e. The Bertz CT molecular complexity index is 953. The Hall–Kier alpha value is -1.95. The van der Waals surface area contributed by atoms with Crippen molar-refractivity contribution in [3.05, 3.63) is 76.9 Å². The minimum atomic E-state index is -1.22. The summed E-state index contributed by atoms with van der Waals surface area (Å²) in [6, 6.07) is 7.18. The summed E-state index contributed by atoms with van der Waals surface area (Å²) < 4.78 is 20.3. The van der Waals surface area contributed by atoms with Crippen molar-refractivity contribution in [3.8, 4) is 0 Å². The molecule has 1 fully saturated rings. The van der Waals surface area contributed by atoms with Gasteiger partial charge in [0.25, 0.3) is 0 Å². The molecule has 0 amide bonds.